The predicted octanol–water partition coefficient (Wildman–Crippen LogP) is -1.74. The van der Waals surface area contributed by atoms with Gasteiger partial charge in [-0.1, -0.05) is 0 Å². The van der Waals surface area contributed by atoms with E-state index < -0.39 is 36.1 Å². The Bertz CT molecular complexity index is 198. The second kappa shape index (κ2) is 3.97. The smallest absolute Gasteiger partial charge is 0.394 e. The maximum atomic E-state index is 10.2. The third kappa shape index (κ3) is 2.13. The number of hydrogen-bond acceptors (Lipinski definition) is 6. The van der Waals surface area contributed by atoms with Crippen molar-refractivity contribution in [3.8, 4) is 0 Å². The second-order valence-corrected chi connectivity index (χ2v) is 2.75. The quantitative estimate of drug-likeness (QED) is 0.353. The summed E-state index contributed by atoms with van der Waals surface area (Å²) in [6.07, 6.45) is -4.54. The number of rotatable bonds is 2. The van der Waals surface area contributed by atoms with E-state index in [-0.39, 0.29) is 6.42 Å². The van der Waals surface area contributed by atoms with Crippen LogP contribution < -0.4 is 0 Å². The van der Waals surface area contributed by atoms with Crippen molar-refractivity contribution in [2.75, 3.05) is 6.61 Å². The van der Waals surface area contributed by atoms with E-state index in [1.54, 1.807) is 0 Å². The number of nitro groups is 1. The van der Waals surface area contributed by atoms with Gasteiger partial charge in [-0.25, -0.2) is 0 Å². The van der Waals surface area contributed by atoms with Crippen LogP contribution >= 0.6 is 0 Å². The van der Waals surface area contributed by atoms with E-state index in [0.29, 0.717) is 0 Å². The molecule has 3 atom stereocenters. The first kappa shape index (κ1) is 10.3. The standard InChI is InChI=1S/C6H10NO6/c8-2-4-6(10)3(9)1-5(13-4)7(11)12/h3-4,6,8-10H,1-2H2/t3-,4-,6-/m1/s1. The van der Waals surface area contributed by atoms with Crippen LogP contribution in [0.2, 0.25) is 0 Å². The van der Waals surface area contributed by atoms with Gasteiger partial charge >= 0.3 is 6.23 Å². The molecule has 0 saturated carbocycles. The van der Waals surface area contributed by atoms with Crippen molar-refractivity contribution in [3.63, 3.8) is 0 Å². The van der Waals surface area contributed by atoms with E-state index >= 15 is 0 Å². The Morgan fingerprint density at radius 1 is 1.62 bits per heavy atom. The van der Waals surface area contributed by atoms with Crippen molar-refractivity contribution in [1.82, 2.24) is 0 Å². The van der Waals surface area contributed by atoms with E-state index in [1.807, 2.05) is 0 Å². The summed E-state index contributed by atoms with van der Waals surface area (Å²) in [7, 11) is 0. The highest BCUT2D eigenvalue weighted by atomic mass is 16.7. The zero-order valence-electron chi connectivity index (χ0n) is 6.66. The molecular formula is C6H10NO6. The van der Waals surface area contributed by atoms with Crippen LogP contribution in [0.5, 0.6) is 0 Å². The predicted molar refractivity (Wildman–Crippen MR) is 38.8 cm³/mol. The van der Waals surface area contributed by atoms with Crippen LogP contribution in [-0.4, -0.2) is 45.2 Å². The first-order chi connectivity index (χ1) is 6.06. The molecule has 0 unspecified atom stereocenters. The Labute approximate surface area is 73.7 Å². The SMILES string of the molecule is O=[N+]([O-])[C]1C[C@@H](O)[C@@H](O)[C@@H](CO)O1. The zero-order chi connectivity index (χ0) is 10.0. The van der Waals surface area contributed by atoms with Gasteiger partial charge in [0.2, 0.25) is 0 Å². The maximum absolute atomic E-state index is 10.2. The highest BCUT2D eigenvalue weighted by Gasteiger charge is 2.43. The van der Waals surface area contributed by atoms with E-state index in [0.717, 1.165) is 0 Å². The Hall–Kier alpha value is -0.760. The van der Waals surface area contributed by atoms with Crippen molar-refractivity contribution in [2.24, 2.45) is 0 Å². The van der Waals surface area contributed by atoms with Gasteiger partial charge in [-0.15, -0.1) is 0 Å². The Kier molecular flexibility index (Phi) is 3.15. The second-order valence-electron chi connectivity index (χ2n) is 2.75. The Morgan fingerprint density at radius 3 is 2.69 bits per heavy atom. The average molecular weight is 192 g/mol. The van der Waals surface area contributed by atoms with Crippen LogP contribution in [0.3, 0.4) is 0 Å². The summed E-state index contributed by atoms with van der Waals surface area (Å²) in [5.41, 5.74) is 0. The van der Waals surface area contributed by atoms with Crippen LogP contribution in [0.25, 0.3) is 0 Å². The molecule has 0 aromatic rings. The average Bonchev–Trinajstić information content (AvgIpc) is 2.09. The number of aliphatic hydroxyl groups excluding tert-OH is 3. The van der Waals surface area contributed by atoms with Gasteiger partial charge in [-0.05, 0) is 0 Å². The topological polar surface area (TPSA) is 113 Å². The molecule has 1 fully saturated rings. The van der Waals surface area contributed by atoms with E-state index in [4.69, 9.17) is 15.3 Å². The normalized spacial score (nSPS) is 36.1. The molecule has 0 amide bonds. The lowest BCUT2D eigenvalue weighted by Gasteiger charge is -2.30. The van der Waals surface area contributed by atoms with Crippen LogP contribution in [-0.2, 0) is 4.74 Å². The molecule has 7 heteroatoms. The summed E-state index contributed by atoms with van der Waals surface area (Å²) >= 11 is 0. The van der Waals surface area contributed by atoms with Crippen molar-refractivity contribution in [1.29, 1.82) is 0 Å². The summed E-state index contributed by atoms with van der Waals surface area (Å²) in [4.78, 5) is 9.46. The molecule has 1 radical (unpaired) electrons. The molecule has 1 saturated heterocycles. The van der Waals surface area contributed by atoms with Gasteiger partial charge < -0.3 is 15.3 Å². The molecule has 3 N–H and O–H groups in total. The Balaban J connectivity index is 2.63. The molecule has 75 valence electrons. The molecule has 0 aliphatic carbocycles. The fraction of sp³-hybridized carbons (Fsp3) is 0.833. The first-order valence-corrected chi connectivity index (χ1v) is 3.70. The summed E-state index contributed by atoms with van der Waals surface area (Å²) in [6, 6.07) is 0. The van der Waals surface area contributed by atoms with Gasteiger partial charge in [0.25, 0.3) is 0 Å². The lowest BCUT2D eigenvalue weighted by Crippen LogP contribution is -2.48. The summed E-state index contributed by atoms with van der Waals surface area (Å²) < 4.78 is 4.64. The van der Waals surface area contributed by atoms with Gasteiger partial charge in [0.1, 0.15) is 12.2 Å². The molecule has 0 aromatic carbocycles. The third-order valence-corrected chi connectivity index (χ3v) is 1.83. The van der Waals surface area contributed by atoms with Gasteiger partial charge in [-0.2, -0.15) is 0 Å². The number of hydrogen-bond donors (Lipinski definition) is 3. The van der Waals surface area contributed by atoms with Gasteiger partial charge in [0.15, 0.2) is 0 Å². The van der Waals surface area contributed by atoms with Crippen LogP contribution in [0.1, 0.15) is 6.42 Å². The number of nitrogens with zero attached hydrogens (tertiary/aromatic N) is 1. The molecule has 1 aliphatic heterocycles. The monoisotopic (exact) mass is 192 g/mol. The van der Waals surface area contributed by atoms with Gasteiger partial charge in [0, 0.05) is 0 Å². The van der Waals surface area contributed by atoms with Crippen molar-refractivity contribution >= 4 is 0 Å². The lowest BCUT2D eigenvalue weighted by atomic mass is 10.0. The maximum Gasteiger partial charge on any atom is 0.424 e. The highest BCUT2D eigenvalue weighted by Crippen LogP contribution is 2.25. The van der Waals surface area contributed by atoms with E-state index in [1.165, 1.54) is 0 Å². The van der Waals surface area contributed by atoms with E-state index in [2.05, 4.69) is 4.74 Å². The zero-order valence-corrected chi connectivity index (χ0v) is 6.66. The molecule has 0 bridgehead atoms. The largest absolute Gasteiger partial charge is 0.424 e. The van der Waals surface area contributed by atoms with Crippen LogP contribution in [0.4, 0.5) is 0 Å². The fourth-order valence-electron chi connectivity index (χ4n) is 1.10. The van der Waals surface area contributed by atoms with Crippen LogP contribution in [0, 0.1) is 16.3 Å². The molecule has 0 aromatic heterocycles. The van der Waals surface area contributed by atoms with Gasteiger partial charge in [-0.3, -0.25) is 14.9 Å². The van der Waals surface area contributed by atoms with Crippen molar-refractivity contribution in [3.05, 3.63) is 16.3 Å². The number of aliphatic hydroxyl groups is 3. The summed E-state index contributed by atoms with van der Waals surface area (Å²) in [6.45, 7) is -0.574. The van der Waals surface area contributed by atoms with Crippen molar-refractivity contribution < 1.29 is 25.0 Å². The molecule has 1 aliphatic rings. The minimum absolute atomic E-state index is 0.343. The minimum atomic E-state index is -1.28. The summed E-state index contributed by atoms with van der Waals surface area (Å²) in [5.74, 6) is 0. The molecule has 1 heterocycles. The number of ether oxygens (including phenoxy) is 1. The van der Waals surface area contributed by atoms with E-state index in [9.17, 15) is 10.1 Å². The molecule has 13 heavy (non-hydrogen) atoms. The fourth-order valence-corrected chi connectivity index (χ4v) is 1.10. The van der Waals surface area contributed by atoms with Crippen molar-refractivity contribution in [2.45, 2.75) is 24.7 Å². The van der Waals surface area contributed by atoms with Crippen LogP contribution in [0.15, 0.2) is 0 Å². The third-order valence-electron chi connectivity index (χ3n) is 1.83. The highest BCUT2D eigenvalue weighted by molar-refractivity contribution is 4.88. The summed E-state index contributed by atoms with van der Waals surface area (Å²) in [5, 5.41) is 37.2. The molecule has 1 rings (SSSR count). The van der Waals surface area contributed by atoms with Gasteiger partial charge in [0.05, 0.1) is 24.1 Å². The first-order valence-electron chi connectivity index (χ1n) is 3.70. The Morgan fingerprint density at radius 2 is 2.23 bits per heavy atom. The molecular weight excluding hydrogens is 182 g/mol. The molecule has 7 nitrogen and oxygen atoms in total. The lowest BCUT2D eigenvalue weighted by molar-refractivity contribution is -0.526. The molecule has 0 spiro atoms. The minimum Gasteiger partial charge on any atom is -0.394 e.